The van der Waals surface area contributed by atoms with Crippen molar-refractivity contribution in [3.63, 3.8) is 0 Å². The van der Waals surface area contributed by atoms with Gasteiger partial charge in [-0.1, -0.05) is 0 Å². The predicted octanol–water partition coefficient (Wildman–Crippen LogP) is 2.53. The monoisotopic (exact) mass is 356 g/mol. The van der Waals surface area contributed by atoms with E-state index in [2.05, 4.69) is 20.3 Å². The summed E-state index contributed by atoms with van der Waals surface area (Å²) in [6.45, 7) is 0.673. The van der Waals surface area contributed by atoms with E-state index in [4.69, 9.17) is 4.74 Å². The van der Waals surface area contributed by atoms with Gasteiger partial charge in [-0.25, -0.2) is 4.79 Å². The van der Waals surface area contributed by atoms with Gasteiger partial charge in [0.2, 0.25) is 5.91 Å². The fourth-order valence-corrected chi connectivity index (χ4v) is 2.80. The molecule has 3 rings (SSSR count). The summed E-state index contributed by atoms with van der Waals surface area (Å²) >= 11 is 0. The number of ether oxygens (including phenoxy) is 2. The van der Waals surface area contributed by atoms with Gasteiger partial charge in [0, 0.05) is 18.7 Å². The molecule has 1 aliphatic heterocycles. The number of benzene rings is 1. The molecule has 1 saturated heterocycles. The first-order valence-electron chi connectivity index (χ1n) is 8.30. The largest absolute Gasteiger partial charge is 0.495 e. The molecular formula is C18H20N4O4. The first-order valence-corrected chi connectivity index (χ1v) is 8.30. The van der Waals surface area contributed by atoms with Crippen molar-refractivity contribution < 1.29 is 19.1 Å². The van der Waals surface area contributed by atoms with E-state index in [0.29, 0.717) is 24.5 Å². The summed E-state index contributed by atoms with van der Waals surface area (Å²) in [5, 5.41) is 10.9. The molecule has 0 bridgehead atoms. The van der Waals surface area contributed by atoms with Gasteiger partial charge in [0.1, 0.15) is 5.75 Å². The number of esters is 1. The zero-order valence-corrected chi connectivity index (χ0v) is 14.7. The Morgan fingerprint density at radius 1 is 1.15 bits per heavy atom. The molecular weight excluding hydrogens is 336 g/mol. The molecule has 8 nitrogen and oxygen atoms in total. The summed E-state index contributed by atoms with van der Waals surface area (Å²) in [6, 6.07) is 8.63. The minimum absolute atomic E-state index is 0.0916. The number of aromatic nitrogens is 2. The molecule has 1 aromatic carbocycles. The molecule has 0 radical (unpaired) electrons. The Morgan fingerprint density at radius 3 is 2.65 bits per heavy atom. The van der Waals surface area contributed by atoms with E-state index in [1.54, 1.807) is 24.1 Å². The smallest absolute Gasteiger partial charge is 0.358 e. The molecule has 1 N–H and O–H groups in total. The maximum Gasteiger partial charge on any atom is 0.358 e. The van der Waals surface area contributed by atoms with Crippen molar-refractivity contribution in [1.29, 1.82) is 0 Å². The number of amides is 1. The van der Waals surface area contributed by atoms with Gasteiger partial charge in [0.15, 0.2) is 11.5 Å². The average molecular weight is 356 g/mol. The summed E-state index contributed by atoms with van der Waals surface area (Å²) in [4.78, 5) is 25.4. The maximum atomic E-state index is 12.2. The lowest BCUT2D eigenvalue weighted by Gasteiger charge is -2.28. The van der Waals surface area contributed by atoms with Gasteiger partial charge in [-0.15, -0.1) is 10.2 Å². The van der Waals surface area contributed by atoms with Crippen LogP contribution in [-0.2, 0) is 9.53 Å². The van der Waals surface area contributed by atoms with Gasteiger partial charge in [-0.3, -0.25) is 4.79 Å². The Hall–Kier alpha value is -3.16. The Balaban J connectivity index is 1.83. The van der Waals surface area contributed by atoms with E-state index in [0.717, 1.165) is 24.2 Å². The number of nitrogens with zero attached hydrogens (tertiary/aromatic N) is 3. The highest BCUT2D eigenvalue weighted by Gasteiger charge is 2.23. The van der Waals surface area contributed by atoms with Crippen molar-refractivity contribution in [2.45, 2.75) is 19.3 Å². The molecule has 8 heteroatoms. The predicted molar refractivity (Wildman–Crippen MR) is 95.9 cm³/mol. The van der Waals surface area contributed by atoms with Crippen molar-refractivity contribution in [3.8, 4) is 5.75 Å². The van der Waals surface area contributed by atoms with Crippen LogP contribution < -0.4 is 15.0 Å². The molecule has 0 saturated carbocycles. The first-order chi connectivity index (χ1) is 12.6. The first kappa shape index (κ1) is 17.7. The van der Waals surface area contributed by atoms with Crippen molar-refractivity contribution in [3.05, 3.63) is 36.0 Å². The molecule has 1 fully saturated rings. The van der Waals surface area contributed by atoms with E-state index in [-0.39, 0.29) is 11.6 Å². The Morgan fingerprint density at radius 2 is 2.00 bits per heavy atom. The van der Waals surface area contributed by atoms with E-state index >= 15 is 0 Å². The van der Waals surface area contributed by atoms with Crippen LogP contribution in [0.3, 0.4) is 0 Å². The average Bonchev–Trinajstić information content (AvgIpc) is 2.68. The molecule has 26 heavy (non-hydrogen) atoms. The maximum absolute atomic E-state index is 12.2. The van der Waals surface area contributed by atoms with Crippen LogP contribution in [0, 0.1) is 0 Å². The van der Waals surface area contributed by atoms with E-state index in [9.17, 15) is 9.59 Å². The van der Waals surface area contributed by atoms with Crippen molar-refractivity contribution >= 4 is 29.1 Å². The second-order valence-corrected chi connectivity index (χ2v) is 5.81. The topological polar surface area (TPSA) is 93.7 Å². The number of carbonyl (C=O) groups excluding carboxylic acids is 2. The molecule has 0 unspecified atom stereocenters. The van der Waals surface area contributed by atoms with Crippen molar-refractivity contribution in [2.75, 3.05) is 31.0 Å². The summed E-state index contributed by atoms with van der Waals surface area (Å²) in [5.74, 6) is 0.657. The summed E-state index contributed by atoms with van der Waals surface area (Å²) in [6.07, 6.45) is 2.42. The molecule has 0 spiro atoms. The number of piperidine rings is 1. The van der Waals surface area contributed by atoms with Crippen LogP contribution in [0.5, 0.6) is 5.75 Å². The highest BCUT2D eigenvalue weighted by molar-refractivity contribution is 5.96. The summed E-state index contributed by atoms with van der Waals surface area (Å²) in [5.41, 5.74) is 1.59. The van der Waals surface area contributed by atoms with Crippen LogP contribution in [0.15, 0.2) is 30.3 Å². The highest BCUT2D eigenvalue weighted by Crippen LogP contribution is 2.34. The zero-order chi connectivity index (χ0) is 18.5. The molecule has 136 valence electrons. The number of rotatable bonds is 5. The third kappa shape index (κ3) is 3.74. The minimum atomic E-state index is -0.542. The minimum Gasteiger partial charge on any atom is -0.495 e. The molecule has 0 atom stereocenters. The lowest BCUT2D eigenvalue weighted by atomic mass is 10.1. The third-order valence-corrected chi connectivity index (χ3v) is 4.12. The van der Waals surface area contributed by atoms with Crippen LogP contribution in [0.4, 0.5) is 17.2 Å². The summed E-state index contributed by atoms with van der Waals surface area (Å²) in [7, 11) is 2.87. The standard InChI is InChI=1S/C18H20N4O4/c1-25-15-8-6-12(11-14(15)22-10-4-3-5-17(22)23)19-16-9-7-13(20-21-16)18(24)26-2/h6-9,11H,3-5,10H2,1-2H3,(H,19,21). The van der Waals surface area contributed by atoms with Crippen LogP contribution in [0.1, 0.15) is 29.8 Å². The van der Waals surface area contributed by atoms with Gasteiger partial charge in [0.05, 0.1) is 19.9 Å². The van der Waals surface area contributed by atoms with Gasteiger partial charge in [-0.05, 0) is 43.2 Å². The number of carbonyl (C=O) groups is 2. The molecule has 1 aromatic heterocycles. The normalized spacial score (nSPS) is 14.1. The van der Waals surface area contributed by atoms with E-state index in [1.165, 1.54) is 13.2 Å². The van der Waals surface area contributed by atoms with Crippen LogP contribution in [0.2, 0.25) is 0 Å². The number of anilines is 3. The quantitative estimate of drug-likeness (QED) is 0.823. The fraction of sp³-hybridized carbons (Fsp3) is 0.333. The molecule has 0 aliphatic carbocycles. The number of hydrogen-bond donors (Lipinski definition) is 1. The Bertz CT molecular complexity index is 807. The van der Waals surface area contributed by atoms with Crippen molar-refractivity contribution in [2.24, 2.45) is 0 Å². The number of nitrogens with one attached hydrogen (secondary N) is 1. The molecule has 1 amide bonds. The SMILES string of the molecule is COC(=O)c1ccc(Nc2ccc(OC)c(N3CCCCC3=O)c2)nn1. The second kappa shape index (κ2) is 7.81. The van der Waals surface area contributed by atoms with Crippen LogP contribution in [-0.4, -0.2) is 42.8 Å². The zero-order valence-electron chi connectivity index (χ0n) is 14.7. The highest BCUT2D eigenvalue weighted by atomic mass is 16.5. The van der Waals surface area contributed by atoms with Crippen molar-refractivity contribution in [1.82, 2.24) is 10.2 Å². The van der Waals surface area contributed by atoms with E-state index in [1.807, 2.05) is 12.1 Å². The molecule has 1 aliphatic rings. The lowest BCUT2D eigenvalue weighted by Crippen LogP contribution is -2.35. The Labute approximate surface area is 151 Å². The number of hydrogen-bond acceptors (Lipinski definition) is 7. The Kier molecular flexibility index (Phi) is 5.31. The van der Waals surface area contributed by atoms with Crippen LogP contribution >= 0.6 is 0 Å². The van der Waals surface area contributed by atoms with E-state index < -0.39 is 5.97 Å². The fourth-order valence-electron chi connectivity index (χ4n) is 2.80. The lowest BCUT2D eigenvalue weighted by molar-refractivity contribution is -0.119. The summed E-state index contributed by atoms with van der Waals surface area (Å²) < 4.78 is 10.0. The van der Waals surface area contributed by atoms with Gasteiger partial charge in [-0.2, -0.15) is 0 Å². The second-order valence-electron chi connectivity index (χ2n) is 5.81. The molecule has 2 aromatic rings. The van der Waals surface area contributed by atoms with Gasteiger partial charge >= 0.3 is 5.97 Å². The molecule has 2 heterocycles. The van der Waals surface area contributed by atoms with Gasteiger partial charge in [0.25, 0.3) is 0 Å². The van der Waals surface area contributed by atoms with Crippen LogP contribution in [0.25, 0.3) is 0 Å². The van der Waals surface area contributed by atoms with Gasteiger partial charge < -0.3 is 19.7 Å². The third-order valence-electron chi connectivity index (χ3n) is 4.12. The number of methoxy groups -OCH3 is 2.